The molecule has 106 valence electrons. The number of hydrogen-bond donors (Lipinski definition) is 2. The highest BCUT2D eigenvalue weighted by atomic mass is 79.9. The maximum atomic E-state index is 12.2. The minimum atomic E-state index is -0.269. The summed E-state index contributed by atoms with van der Waals surface area (Å²) >= 11 is 3.45. The lowest BCUT2D eigenvalue weighted by Gasteiger charge is -2.29. The van der Waals surface area contributed by atoms with Gasteiger partial charge < -0.3 is 11.1 Å². The van der Waals surface area contributed by atoms with Gasteiger partial charge in [0.1, 0.15) is 0 Å². The number of nitrogens with two attached hydrogens (primary N) is 1. The third-order valence-corrected chi connectivity index (χ3v) is 4.59. The maximum Gasteiger partial charge on any atom is 0.251 e. The highest BCUT2D eigenvalue weighted by Gasteiger charge is 2.41. The van der Waals surface area contributed by atoms with Crippen molar-refractivity contribution in [3.05, 3.63) is 33.8 Å². The molecule has 1 fully saturated rings. The lowest BCUT2D eigenvalue weighted by molar-refractivity contribution is 0.0898. The Morgan fingerprint density at radius 2 is 2.16 bits per heavy atom. The Morgan fingerprint density at radius 3 is 2.63 bits per heavy atom. The van der Waals surface area contributed by atoms with Crippen LogP contribution >= 0.6 is 28.3 Å². The molecule has 5 heteroatoms. The minimum Gasteiger partial charge on any atom is -0.345 e. The van der Waals surface area contributed by atoms with E-state index in [-0.39, 0.29) is 23.9 Å². The molecule has 3 nitrogen and oxygen atoms in total. The van der Waals surface area contributed by atoms with Gasteiger partial charge in [-0.25, -0.2) is 0 Å². The second kappa shape index (κ2) is 6.25. The number of halogens is 2. The van der Waals surface area contributed by atoms with Gasteiger partial charge in [-0.3, -0.25) is 4.79 Å². The maximum absolute atomic E-state index is 12.2. The molecule has 0 radical (unpaired) electrons. The molecule has 0 saturated heterocycles. The molecule has 0 aromatic heterocycles. The largest absolute Gasteiger partial charge is 0.345 e. The number of benzene rings is 1. The van der Waals surface area contributed by atoms with Crippen molar-refractivity contribution in [1.82, 2.24) is 5.32 Å². The van der Waals surface area contributed by atoms with Crippen molar-refractivity contribution >= 4 is 34.2 Å². The molecule has 1 unspecified atom stereocenters. The molecule has 1 aromatic rings. The van der Waals surface area contributed by atoms with Gasteiger partial charge in [0.15, 0.2) is 0 Å². The van der Waals surface area contributed by atoms with Crippen molar-refractivity contribution in [2.24, 2.45) is 11.7 Å². The summed E-state index contributed by atoms with van der Waals surface area (Å²) < 4.78 is 0.955. The summed E-state index contributed by atoms with van der Waals surface area (Å²) in [5.41, 5.74) is 7.33. The zero-order valence-corrected chi connectivity index (χ0v) is 13.6. The smallest absolute Gasteiger partial charge is 0.251 e. The van der Waals surface area contributed by atoms with Gasteiger partial charge in [0, 0.05) is 16.6 Å². The van der Waals surface area contributed by atoms with Gasteiger partial charge in [-0.15, -0.1) is 12.4 Å². The Labute approximate surface area is 128 Å². The predicted molar refractivity (Wildman–Crippen MR) is 83.8 cm³/mol. The first-order valence-corrected chi connectivity index (χ1v) is 7.04. The topological polar surface area (TPSA) is 55.1 Å². The fourth-order valence-electron chi connectivity index (χ4n) is 2.11. The van der Waals surface area contributed by atoms with Crippen LogP contribution in [0.1, 0.15) is 35.7 Å². The van der Waals surface area contributed by atoms with Gasteiger partial charge in [0.2, 0.25) is 0 Å². The van der Waals surface area contributed by atoms with Crippen LogP contribution < -0.4 is 11.1 Å². The lowest BCUT2D eigenvalue weighted by atomic mass is 9.95. The zero-order valence-electron chi connectivity index (χ0n) is 11.2. The number of carbonyl (C=O) groups is 1. The fraction of sp³-hybridized carbons (Fsp3) is 0.500. The van der Waals surface area contributed by atoms with Crippen LogP contribution in [0, 0.1) is 12.8 Å². The molecular weight excluding hydrogens is 328 g/mol. The normalized spacial score (nSPS) is 17.3. The number of nitrogens with one attached hydrogen (secondary N) is 1. The van der Waals surface area contributed by atoms with Crippen LogP contribution in [0.5, 0.6) is 0 Å². The molecule has 1 amide bonds. The minimum absolute atomic E-state index is 0. The number of carbonyl (C=O) groups excluding carboxylic acids is 1. The molecule has 1 aliphatic rings. The van der Waals surface area contributed by atoms with Crippen molar-refractivity contribution < 1.29 is 4.79 Å². The van der Waals surface area contributed by atoms with Gasteiger partial charge in [0.25, 0.3) is 5.91 Å². The lowest BCUT2D eigenvalue weighted by Crippen LogP contribution is -2.53. The molecule has 0 heterocycles. The van der Waals surface area contributed by atoms with E-state index in [9.17, 15) is 4.79 Å². The van der Waals surface area contributed by atoms with Crippen molar-refractivity contribution in [1.29, 1.82) is 0 Å². The van der Waals surface area contributed by atoms with Crippen LogP contribution in [0.4, 0.5) is 0 Å². The zero-order chi connectivity index (χ0) is 13.3. The van der Waals surface area contributed by atoms with Gasteiger partial charge in [-0.2, -0.15) is 0 Å². The fourth-order valence-corrected chi connectivity index (χ4v) is 2.48. The standard InChI is InChI=1S/C14H19BrN2O.ClH/c1-9-3-4-10(7-12(9)15)13(18)17-14(2,8-16)11-5-6-11;/h3-4,7,11H,5-6,8,16H2,1-2H3,(H,17,18);1H. The van der Waals surface area contributed by atoms with E-state index in [4.69, 9.17) is 5.73 Å². The highest BCUT2D eigenvalue weighted by Crippen LogP contribution is 2.39. The molecule has 0 spiro atoms. The number of amides is 1. The van der Waals surface area contributed by atoms with Crippen LogP contribution in [0.25, 0.3) is 0 Å². The van der Waals surface area contributed by atoms with Crippen LogP contribution in [0.2, 0.25) is 0 Å². The van der Waals surface area contributed by atoms with E-state index >= 15 is 0 Å². The summed E-state index contributed by atoms with van der Waals surface area (Å²) in [4.78, 5) is 12.2. The second-order valence-electron chi connectivity index (χ2n) is 5.31. The van der Waals surface area contributed by atoms with Crippen LogP contribution in [-0.2, 0) is 0 Å². The average molecular weight is 348 g/mol. The van der Waals surface area contributed by atoms with E-state index in [1.807, 2.05) is 32.0 Å². The van der Waals surface area contributed by atoms with Crippen molar-refractivity contribution in [2.75, 3.05) is 6.54 Å². The first-order valence-electron chi connectivity index (χ1n) is 6.25. The average Bonchev–Trinajstić information content (AvgIpc) is 3.16. The molecular formula is C14H20BrClN2O. The summed E-state index contributed by atoms with van der Waals surface area (Å²) in [6.45, 7) is 4.52. The Morgan fingerprint density at radius 1 is 1.53 bits per heavy atom. The first kappa shape index (κ1) is 16.5. The van der Waals surface area contributed by atoms with Crippen molar-refractivity contribution in [2.45, 2.75) is 32.2 Å². The molecule has 3 N–H and O–H groups in total. The first-order chi connectivity index (χ1) is 8.46. The van der Waals surface area contributed by atoms with E-state index in [1.54, 1.807) is 0 Å². The van der Waals surface area contributed by atoms with Crippen LogP contribution in [-0.4, -0.2) is 18.0 Å². The van der Waals surface area contributed by atoms with E-state index in [0.717, 1.165) is 22.9 Å². The van der Waals surface area contributed by atoms with Crippen molar-refractivity contribution in [3.63, 3.8) is 0 Å². The van der Waals surface area contributed by atoms with E-state index in [2.05, 4.69) is 21.2 Å². The molecule has 1 atom stereocenters. The number of hydrogen-bond acceptors (Lipinski definition) is 2. The van der Waals surface area contributed by atoms with Gasteiger partial charge >= 0.3 is 0 Å². The number of rotatable bonds is 4. The van der Waals surface area contributed by atoms with Crippen LogP contribution in [0.15, 0.2) is 22.7 Å². The Balaban J connectivity index is 0.00000180. The molecule has 1 aromatic carbocycles. The predicted octanol–water partition coefficient (Wildman–Crippen LogP) is 3.04. The molecule has 0 aliphatic heterocycles. The van der Waals surface area contributed by atoms with Gasteiger partial charge in [-0.05, 0) is 50.3 Å². The monoisotopic (exact) mass is 346 g/mol. The summed E-state index contributed by atoms with van der Waals surface area (Å²) in [6.07, 6.45) is 2.32. The molecule has 2 rings (SSSR count). The summed E-state index contributed by atoms with van der Waals surface area (Å²) in [6, 6.07) is 5.64. The summed E-state index contributed by atoms with van der Waals surface area (Å²) in [7, 11) is 0. The Bertz CT molecular complexity index is 477. The summed E-state index contributed by atoms with van der Waals surface area (Å²) in [5.74, 6) is 0.482. The molecule has 1 aliphatic carbocycles. The van der Waals surface area contributed by atoms with E-state index in [1.165, 1.54) is 0 Å². The summed E-state index contributed by atoms with van der Waals surface area (Å²) in [5, 5.41) is 3.08. The third-order valence-electron chi connectivity index (χ3n) is 3.74. The Kier molecular flexibility index (Phi) is 5.42. The highest BCUT2D eigenvalue weighted by molar-refractivity contribution is 9.10. The van der Waals surface area contributed by atoms with Crippen LogP contribution in [0.3, 0.4) is 0 Å². The van der Waals surface area contributed by atoms with E-state index in [0.29, 0.717) is 18.0 Å². The van der Waals surface area contributed by atoms with E-state index < -0.39 is 0 Å². The van der Waals surface area contributed by atoms with Gasteiger partial charge in [-0.1, -0.05) is 22.0 Å². The Hall–Kier alpha value is -0.580. The molecule has 19 heavy (non-hydrogen) atoms. The second-order valence-corrected chi connectivity index (χ2v) is 6.17. The molecule has 0 bridgehead atoms. The molecule has 1 saturated carbocycles. The quantitative estimate of drug-likeness (QED) is 0.879. The SMILES string of the molecule is Cc1ccc(C(=O)NC(C)(CN)C2CC2)cc1Br.Cl. The number of aryl methyl sites for hydroxylation is 1. The third kappa shape index (κ3) is 3.71. The van der Waals surface area contributed by atoms with Crippen molar-refractivity contribution in [3.8, 4) is 0 Å². The van der Waals surface area contributed by atoms with Gasteiger partial charge in [0.05, 0.1) is 5.54 Å².